The standard InChI is InChI=1S/C15H13N3O2/c1-2-20-15(19)12-9-16-18(10-12)14-8-7-11-5-3-4-6-13(11)17-14/h3-10H,2H2,1H3. The first-order valence-electron chi connectivity index (χ1n) is 6.36. The van der Waals surface area contributed by atoms with Crippen molar-refractivity contribution in [1.29, 1.82) is 0 Å². The smallest absolute Gasteiger partial charge is 0.341 e. The summed E-state index contributed by atoms with van der Waals surface area (Å²) in [5.74, 6) is 0.291. The van der Waals surface area contributed by atoms with Crippen LogP contribution in [0.5, 0.6) is 0 Å². The van der Waals surface area contributed by atoms with Crippen LogP contribution in [0, 0.1) is 0 Å². The van der Waals surface area contributed by atoms with E-state index < -0.39 is 0 Å². The molecule has 0 saturated heterocycles. The molecule has 20 heavy (non-hydrogen) atoms. The maximum atomic E-state index is 11.6. The second-order valence-corrected chi connectivity index (χ2v) is 4.26. The van der Waals surface area contributed by atoms with E-state index in [0.29, 0.717) is 18.0 Å². The highest BCUT2D eigenvalue weighted by Crippen LogP contribution is 2.14. The Bertz CT molecular complexity index is 764. The van der Waals surface area contributed by atoms with Crippen molar-refractivity contribution in [3.8, 4) is 5.82 Å². The number of rotatable bonds is 3. The largest absolute Gasteiger partial charge is 0.462 e. The number of carbonyl (C=O) groups excluding carboxylic acids is 1. The molecule has 0 fully saturated rings. The molecule has 0 amide bonds. The topological polar surface area (TPSA) is 57.0 Å². The fourth-order valence-electron chi connectivity index (χ4n) is 1.95. The van der Waals surface area contributed by atoms with Crippen LogP contribution in [0.15, 0.2) is 48.8 Å². The summed E-state index contributed by atoms with van der Waals surface area (Å²) in [6.45, 7) is 2.12. The van der Waals surface area contributed by atoms with Gasteiger partial charge in [0.1, 0.15) is 0 Å². The Morgan fingerprint density at radius 1 is 1.25 bits per heavy atom. The molecule has 5 nitrogen and oxygen atoms in total. The van der Waals surface area contributed by atoms with E-state index in [0.717, 1.165) is 10.9 Å². The van der Waals surface area contributed by atoms with Crippen molar-refractivity contribution in [3.63, 3.8) is 0 Å². The first-order valence-corrected chi connectivity index (χ1v) is 6.36. The average Bonchev–Trinajstić information content (AvgIpc) is 2.97. The Labute approximate surface area is 115 Å². The molecule has 1 aromatic carbocycles. The van der Waals surface area contributed by atoms with E-state index >= 15 is 0 Å². The molecule has 0 unspecified atom stereocenters. The van der Waals surface area contributed by atoms with E-state index in [1.807, 2.05) is 36.4 Å². The van der Waals surface area contributed by atoms with Gasteiger partial charge in [-0.25, -0.2) is 14.5 Å². The summed E-state index contributed by atoms with van der Waals surface area (Å²) in [6, 6.07) is 11.7. The van der Waals surface area contributed by atoms with Gasteiger partial charge in [0, 0.05) is 11.6 Å². The van der Waals surface area contributed by atoms with Gasteiger partial charge in [-0.3, -0.25) is 0 Å². The lowest BCUT2D eigenvalue weighted by Crippen LogP contribution is -2.03. The Balaban J connectivity index is 1.96. The van der Waals surface area contributed by atoms with Gasteiger partial charge >= 0.3 is 5.97 Å². The van der Waals surface area contributed by atoms with Crippen LogP contribution in [0.25, 0.3) is 16.7 Å². The Morgan fingerprint density at radius 3 is 2.95 bits per heavy atom. The molecule has 0 spiro atoms. The summed E-state index contributed by atoms with van der Waals surface area (Å²) in [4.78, 5) is 16.1. The number of ether oxygens (including phenoxy) is 1. The fourth-order valence-corrected chi connectivity index (χ4v) is 1.95. The molecule has 0 saturated carbocycles. The van der Waals surface area contributed by atoms with Gasteiger partial charge in [-0.05, 0) is 25.1 Å². The van der Waals surface area contributed by atoms with Gasteiger partial charge in [0.2, 0.25) is 0 Å². The van der Waals surface area contributed by atoms with Crippen LogP contribution in [0.3, 0.4) is 0 Å². The molecule has 3 rings (SSSR count). The number of para-hydroxylation sites is 1. The van der Waals surface area contributed by atoms with E-state index in [4.69, 9.17) is 4.74 Å². The van der Waals surface area contributed by atoms with Gasteiger partial charge in [-0.2, -0.15) is 5.10 Å². The number of benzene rings is 1. The number of hydrogen-bond donors (Lipinski definition) is 0. The highest BCUT2D eigenvalue weighted by Gasteiger charge is 2.10. The predicted molar refractivity (Wildman–Crippen MR) is 74.8 cm³/mol. The molecular weight excluding hydrogens is 254 g/mol. The van der Waals surface area contributed by atoms with Crippen molar-refractivity contribution in [3.05, 3.63) is 54.4 Å². The van der Waals surface area contributed by atoms with Crippen molar-refractivity contribution < 1.29 is 9.53 Å². The van der Waals surface area contributed by atoms with Crippen molar-refractivity contribution in [2.75, 3.05) is 6.61 Å². The third-order valence-electron chi connectivity index (χ3n) is 2.91. The second kappa shape index (κ2) is 5.13. The van der Waals surface area contributed by atoms with E-state index in [1.165, 1.54) is 6.20 Å². The lowest BCUT2D eigenvalue weighted by Gasteiger charge is -2.02. The summed E-state index contributed by atoms with van der Waals surface area (Å²) in [7, 11) is 0. The van der Waals surface area contributed by atoms with E-state index in [-0.39, 0.29) is 5.97 Å². The molecule has 0 radical (unpaired) electrons. The number of nitrogens with zero attached hydrogens (tertiary/aromatic N) is 3. The summed E-state index contributed by atoms with van der Waals surface area (Å²) in [5, 5.41) is 5.21. The molecule has 3 aromatic rings. The number of carbonyl (C=O) groups is 1. The molecule has 2 heterocycles. The van der Waals surface area contributed by atoms with E-state index in [1.54, 1.807) is 17.8 Å². The monoisotopic (exact) mass is 267 g/mol. The zero-order valence-electron chi connectivity index (χ0n) is 11.0. The van der Waals surface area contributed by atoms with Gasteiger partial charge < -0.3 is 4.74 Å². The van der Waals surface area contributed by atoms with Gasteiger partial charge in [-0.15, -0.1) is 0 Å². The minimum Gasteiger partial charge on any atom is -0.462 e. The normalized spacial score (nSPS) is 10.7. The van der Waals surface area contributed by atoms with Gasteiger partial charge in [-0.1, -0.05) is 18.2 Å². The van der Waals surface area contributed by atoms with Gasteiger partial charge in [0.15, 0.2) is 5.82 Å². The molecule has 0 aliphatic heterocycles. The maximum Gasteiger partial charge on any atom is 0.341 e. The Kier molecular flexibility index (Phi) is 3.16. The van der Waals surface area contributed by atoms with Crippen molar-refractivity contribution >= 4 is 16.9 Å². The summed E-state index contributed by atoms with van der Waals surface area (Å²) < 4.78 is 6.50. The fraction of sp³-hybridized carbons (Fsp3) is 0.133. The molecule has 5 heteroatoms. The van der Waals surface area contributed by atoms with Crippen LogP contribution in [-0.2, 0) is 4.74 Å². The SMILES string of the molecule is CCOC(=O)c1cnn(-c2ccc3ccccc3n2)c1. The number of esters is 1. The second-order valence-electron chi connectivity index (χ2n) is 4.26. The third kappa shape index (κ3) is 2.25. The number of fused-ring (bicyclic) bond motifs is 1. The molecular formula is C15H13N3O2. The zero-order valence-corrected chi connectivity index (χ0v) is 11.0. The summed E-state index contributed by atoms with van der Waals surface area (Å²) >= 11 is 0. The van der Waals surface area contributed by atoms with Crippen LogP contribution in [0.4, 0.5) is 0 Å². The summed E-state index contributed by atoms with van der Waals surface area (Å²) in [6.07, 6.45) is 3.10. The van der Waals surface area contributed by atoms with Crippen LogP contribution in [0.2, 0.25) is 0 Å². The van der Waals surface area contributed by atoms with E-state index in [9.17, 15) is 4.79 Å². The number of hydrogen-bond acceptors (Lipinski definition) is 4. The lowest BCUT2D eigenvalue weighted by atomic mass is 10.2. The predicted octanol–water partition coefficient (Wildman–Crippen LogP) is 2.60. The third-order valence-corrected chi connectivity index (χ3v) is 2.91. The lowest BCUT2D eigenvalue weighted by molar-refractivity contribution is 0.0526. The maximum absolute atomic E-state index is 11.6. The first-order chi connectivity index (χ1) is 9.78. The van der Waals surface area contributed by atoms with Gasteiger partial charge in [0.25, 0.3) is 0 Å². The molecule has 0 aliphatic carbocycles. The molecule has 100 valence electrons. The van der Waals surface area contributed by atoms with Crippen molar-refractivity contribution in [1.82, 2.24) is 14.8 Å². The van der Waals surface area contributed by atoms with Crippen LogP contribution < -0.4 is 0 Å². The van der Waals surface area contributed by atoms with Crippen LogP contribution in [0.1, 0.15) is 17.3 Å². The molecule has 0 bridgehead atoms. The highest BCUT2D eigenvalue weighted by molar-refractivity contribution is 5.88. The van der Waals surface area contributed by atoms with Gasteiger partial charge in [0.05, 0.1) is 23.9 Å². The first kappa shape index (κ1) is 12.3. The summed E-state index contributed by atoms with van der Waals surface area (Å²) in [5.41, 5.74) is 1.31. The molecule has 0 N–H and O–H groups in total. The number of pyridine rings is 1. The quantitative estimate of drug-likeness (QED) is 0.684. The molecule has 0 aliphatic rings. The minimum atomic E-state index is -0.375. The van der Waals surface area contributed by atoms with E-state index in [2.05, 4.69) is 10.1 Å². The average molecular weight is 267 g/mol. The Hall–Kier alpha value is -2.69. The van der Waals surface area contributed by atoms with Crippen molar-refractivity contribution in [2.45, 2.75) is 6.92 Å². The number of aromatic nitrogens is 3. The zero-order chi connectivity index (χ0) is 13.9. The van der Waals surface area contributed by atoms with Crippen molar-refractivity contribution in [2.24, 2.45) is 0 Å². The molecule has 0 atom stereocenters. The minimum absolute atomic E-state index is 0.345. The molecule has 2 aromatic heterocycles. The van der Waals surface area contributed by atoms with Crippen LogP contribution >= 0.6 is 0 Å². The Morgan fingerprint density at radius 2 is 2.10 bits per heavy atom. The highest BCUT2D eigenvalue weighted by atomic mass is 16.5. The van der Waals surface area contributed by atoms with Crippen LogP contribution in [-0.4, -0.2) is 27.3 Å².